The summed E-state index contributed by atoms with van der Waals surface area (Å²) >= 11 is 0. The number of pyridine rings is 1. The van der Waals surface area contributed by atoms with E-state index >= 15 is 0 Å². The Kier molecular flexibility index (Phi) is 4.96. The molecule has 29 heavy (non-hydrogen) atoms. The van der Waals surface area contributed by atoms with Crippen LogP contribution in [0.3, 0.4) is 0 Å². The topological polar surface area (TPSA) is 78.3 Å². The van der Waals surface area contributed by atoms with Crippen molar-refractivity contribution >= 4 is 5.91 Å². The standard InChI is InChI=1S/C22H24N4O3/c1-22(2)12-16-5-4-6-19(21(16)29-22)28-14-20(27)24-13-17-11-18(25-26(17)3)15-7-9-23-10-8-15/h4-11H,12-14H2,1-3H3,(H,24,27). The van der Waals surface area contributed by atoms with Gasteiger partial charge < -0.3 is 14.8 Å². The Morgan fingerprint density at radius 3 is 2.86 bits per heavy atom. The molecule has 1 amide bonds. The molecule has 0 saturated heterocycles. The van der Waals surface area contributed by atoms with Gasteiger partial charge in [0, 0.05) is 37.0 Å². The number of nitrogens with one attached hydrogen (secondary N) is 1. The predicted octanol–water partition coefficient (Wildman–Crippen LogP) is 2.89. The molecule has 1 aliphatic heterocycles. The average Bonchev–Trinajstić information content (AvgIpc) is 3.23. The molecule has 3 aromatic rings. The van der Waals surface area contributed by atoms with Crippen LogP contribution in [0.25, 0.3) is 11.3 Å². The van der Waals surface area contributed by atoms with E-state index in [1.54, 1.807) is 17.1 Å². The first-order valence-electron chi connectivity index (χ1n) is 9.55. The second-order valence-electron chi connectivity index (χ2n) is 7.73. The molecule has 1 aromatic carbocycles. The van der Waals surface area contributed by atoms with Gasteiger partial charge in [0.05, 0.1) is 17.9 Å². The molecule has 0 spiro atoms. The van der Waals surface area contributed by atoms with Crippen LogP contribution < -0.4 is 14.8 Å². The molecule has 0 unspecified atom stereocenters. The number of hydrogen-bond acceptors (Lipinski definition) is 5. The molecule has 150 valence electrons. The van der Waals surface area contributed by atoms with Gasteiger partial charge in [-0.3, -0.25) is 14.5 Å². The van der Waals surface area contributed by atoms with Crippen LogP contribution in [-0.2, 0) is 24.8 Å². The fourth-order valence-corrected chi connectivity index (χ4v) is 3.42. The van der Waals surface area contributed by atoms with Crippen molar-refractivity contribution in [3.63, 3.8) is 0 Å². The molecule has 3 heterocycles. The first-order chi connectivity index (χ1) is 13.9. The zero-order chi connectivity index (χ0) is 20.4. The first-order valence-corrected chi connectivity index (χ1v) is 9.55. The highest BCUT2D eigenvalue weighted by Gasteiger charge is 2.32. The van der Waals surface area contributed by atoms with Crippen LogP contribution >= 0.6 is 0 Å². The van der Waals surface area contributed by atoms with Crippen molar-refractivity contribution < 1.29 is 14.3 Å². The molecule has 1 aliphatic rings. The predicted molar refractivity (Wildman–Crippen MR) is 109 cm³/mol. The quantitative estimate of drug-likeness (QED) is 0.698. The minimum absolute atomic E-state index is 0.0741. The number of aryl methyl sites for hydroxylation is 1. The van der Waals surface area contributed by atoms with Crippen LogP contribution in [0.1, 0.15) is 25.1 Å². The van der Waals surface area contributed by atoms with Crippen molar-refractivity contribution in [2.45, 2.75) is 32.4 Å². The van der Waals surface area contributed by atoms with Gasteiger partial charge in [-0.2, -0.15) is 5.10 Å². The number of fused-ring (bicyclic) bond motifs is 1. The highest BCUT2D eigenvalue weighted by Crippen LogP contribution is 2.41. The van der Waals surface area contributed by atoms with Crippen molar-refractivity contribution in [3.8, 4) is 22.8 Å². The maximum Gasteiger partial charge on any atom is 0.258 e. The summed E-state index contributed by atoms with van der Waals surface area (Å²) in [6.45, 7) is 4.37. The number of benzene rings is 1. The van der Waals surface area contributed by atoms with Gasteiger partial charge in [-0.05, 0) is 38.1 Å². The van der Waals surface area contributed by atoms with E-state index in [2.05, 4.69) is 15.4 Å². The van der Waals surface area contributed by atoms with Crippen LogP contribution in [0.15, 0.2) is 48.8 Å². The molecule has 0 aliphatic carbocycles. The van der Waals surface area contributed by atoms with Gasteiger partial charge in [0.1, 0.15) is 5.60 Å². The second kappa shape index (κ2) is 7.58. The number of carbonyl (C=O) groups is 1. The summed E-state index contributed by atoms with van der Waals surface area (Å²) in [6, 6.07) is 11.5. The van der Waals surface area contributed by atoms with Crippen LogP contribution in [0.4, 0.5) is 0 Å². The van der Waals surface area contributed by atoms with E-state index in [9.17, 15) is 4.79 Å². The lowest BCUT2D eigenvalue weighted by atomic mass is 10.0. The molecular weight excluding hydrogens is 368 g/mol. The van der Waals surface area contributed by atoms with E-state index < -0.39 is 0 Å². The van der Waals surface area contributed by atoms with Crippen molar-refractivity contribution in [2.75, 3.05) is 6.61 Å². The summed E-state index contributed by atoms with van der Waals surface area (Å²) in [5, 5.41) is 7.38. The van der Waals surface area contributed by atoms with Crippen molar-refractivity contribution in [2.24, 2.45) is 7.05 Å². The number of hydrogen-bond donors (Lipinski definition) is 1. The molecule has 1 N–H and O–H groups in total. The summed E-state index contributed by atoms with van der Waals surface area (Å²) < 4.78 is 13.5. The molecular formula is C22H24N4O3. The molecule has 0 bridgehead atoms. The highest BCUT2D eigenvalue weighted by molar-refractivity contribution is 5.77. The molecule has 2 aromatic heterocycles. The smallest absolute Gasteiger partial charge is 0.258 e. The van der Waals surface area contributed by atoms with E-state index in [0.29, 0.717) is 12.3 Å². The summed E-state index contributed by atoms with van der Waals surface area (Å²) in [7, 11) is 1.86. The Labute approximate surface area is 169 Å². The van der Waals surface area contributed by atoms with E-state index in [4.69, 9.17) is 9.47 Å². The van der Waals surface area contributed by atoms with E-state index in [1.807, 2.05) is 57.3 Å². The number of ether oxygens (including phenoxy) is 2. The zero-order valence-corrected chi connectivity index (χ0v) is 16.8. The van der Waals surface area contributed by atoms with Gasteiger partial charge in [-0.15, -0.1) is 0 Å². The van der Waals surface area contributed by atoms with Crippen molar-refractivity contribution in [1.82, 2.24) is 20.1 Å². The summed E-state index contributed by atoms with van der Waals surface area (Å²) in [5.74, 6) is 1.13. The summed E-state index contributed by atoms with van der Waals surface area (Å²) in [6.07, 6.45) is 4.29. The number of carbonyl (C=O) groups excluding carboxylic acids is 1. The van der Waals surface area contributed by atoms with E-state index in [-0.39, 0.29) is 18.1 Å². The van der Waals surface area contributed by atoms with Gasteiger partial charge in [0.25, 0.3) is 5.91 Å². The second-order valence-corrected chi connectivity index (χ2v) is 7.73. The maximum atomic E-state index is 12.3. The lowest BCUT2D eigenvalue weighted by Crippen LogP contribution is -2.29. The Balaban J connectivity index is 1.34. The molecule has 0 radical (unpaired) electrons. The normalized spacial score (nSPS) is 14.2. The monoisotopic (exact) mass is 392 g/mol. The zero-order valence-electron chi connectivity index (χ0n) is 16.8. The third-order valence-corrected chi connectivity index (χ3v) is 4.83. The fraction of sp³-hybridized carbons (Fsp3) is 0.318. The van der Waals surface area contributed by atoms with Gasteiger partial charge in [0.15, 0.2) is 18.1 Å². The van der Waals surface area contributed by atoms with Crippen LogP contribution in [0, 0.1) is 0 Å². The average molecular weight is 392 g/mol. The van der Waals surface area contributed by atoms with Gasteiger partial charge >= 0.3 is 0 Å². The van der Waals surface area contributed by atoms with Crippen molar-refractivity contribution in [1.29, 1.82) is 0 Å². The number of nitrogens with zero attached hydrogens (tertiary/aromatic N) is 3. The Bertz CT molecular complexity index is 1030. The molecule has 0 atom stereocenters. The molecule has 7 nitrogen and oxygen atoms in total. The number of rotatable bonds is 6. The Morgan fingerprint density at radius 2 is 2.07 bits per heavy atom. The van der Waals surface area contributed by atoms with Crippen LogP contribution in [-0.4, -0.2) is 32.9 Å². The molecule has 7 heteroatoms. The lowest BCUT2D eigenvalue weighted by Gasteiger charge is -2.18. The maximum absolute atomic E-state index is 12.3. The third kappa shape index (κ3) is 4.23. The van der Waals surface area contributed by atoms with Crippen LogP contribution in [0.5, 0.6) is 11.5 Å². The summed E-state index contributed by atoms with van der Waals surface area (Å²) in [5.41, 5.74) is 3.57. The SMILES string of the molecule is Cn1nc(-c2ccncc2)cc1CNC(=O)COc1cccc2c1OC(C)(C)C2. The highest BCUT2D eigenvalue weighted by atomic mass is 16.5. The molecule has 0 saturated carbocycles. The lowest BCUT2D eigenvalue weighted by molar-refractivity contribution is -0.123. The Morgan fingerprint density at radius 1 is 1.28 bits per heavy atom. The largest absolute Gasteiger partial charge is 0.483 e. The summed E-state index contributed by atoms with van der Waals surface area (Å²) in [4.78, 5) is 16.3. The Hall–Kier alpha value is -3.35. The third-order valence-electron chi connectivity index (χ3n) is 4.83. The first kappa shape index (κ1) is 19.0. The number of aromatic nitrogens is 3. The molecule has 4 rings (SSSR count). The van der Waals surface area contributed by atoms with Gasteiger partial charge in [-0.25, -0.2) is 0 Å². The number of amides is 1. The van der Waals surface area contributed by atoms with Crippen molar-refractivity contribution in [3.05, 3.63) is 60.0 Å². The van der Waals surface area contributed by atoms with E-state index in [0.717, 1.165) is 34.7 Å². The minimum Gasteiger partial charge on any atom is -0.483 e. The van der Waals surface area contributed by atoms with Gasteiger partial charge in [-0.1, -0.05) is 12.1 Å². The minimum atomic E-state index is -0.254. The van der Waals surface area contributed by atoms with Crippen LogP contribution in [0.2, 0.25) is 0 Å². The molecule has 0 fully saturated rings. The number of para-hydroxylation sites is 1. The van der Waals surface area contributed by atoms with E-state index in [1.165, 1.54) is 0 Å². The van der Waals surface area contributed by atoms with Gasteiger partial charge in [0.2, 0.25) is 0 Å². The fourth-order valence-electron chi connectivity index (χ4n) is 3.42.